The minimum Gasteiger partial charge on any atom is -0.484 e. The Morgan fingerprint density at radius 1 is 0.500 bits per heavy atom. The van der Waals surface area contributed by atoms with E-state index < -0.39 is 69.9 Å². The van der Waals surface area contributed by atoms with E-state index in [9.17, 15) is 33.6 Å². The lowest BCUT2D eigenvalue weighted by molar-refractivity contribution is -0.162. The maximum Gasteiger partial charge on any atom is 0.320 e. The van der Waals surface area contributed by atoms with Crippen LogP contribution in [-0.4, -0.2) is 161 Å². The summed E-state index contributed by atoms with van der Waals surface area (Å²) in [4.78, 5) is 95.6. The van der Waals surface area contributed by atoms with E-state index in [1.165, 1.54) is 0 Å². The summed E-state index contributed by atoms with van der Waals surface area (Å²) in [5, 5.41) is 11.7. The molecular weight excluding hydrogens is 929 g/mol. The Kier molecular flexibility index (Phi) is 28.1. The van der Waals surface area contributed by atoms with E-state index in [-0.39, 0.29) is 77.7 Å². The molecule has 412 valence electrons. The minimum absolute atomic E-state index is 0.0879. The number of rotatable bonds is 32. The smallest absolute Gasteiger partial charge is 0.320 e. The monoisotopic (exact) mass is 1020 g/mol. The lowest BCUT2D eigenvalue weighted by atomic mass is 10.0. The second kappa shape index (κ2) is 31.0. The number of carbonyl (C=O) groups is 7. The Labute approximate surface area is 430 Å². The molecule has 0 bridgehead atoms. The highest BCUT2D eigenvalue weighted by Crippen LogP contribution is 2.20. The van der Waals surface area contributed by atoms with Gasteiger partial charge >= 0.3 is 35.8 Å². The molecule has 1 atom stereocenters. The Balaban J connectivity index is 3.50. The molecule has 0 aliphatic carbocycles. The third-order valence-corrected chi connectivity index (χ3v) is 9.94. The van der Waals surface area contributed by atoms with Crippen molar-refractivity contribution in [3.63, 3.8) is 0 Å². The van der Waals surface area contributed by atoms with Gasteiger partial charge in [0.1, 0.15) is 33.8 Å². The summed E-state index contributed by atoms with van der Waals surface area (Å²) in [6, 6.07) is 6.47. The Morgan fingerprint density at radius 2 is 0.861 bits per heavy atom. The Bertz CT molecular complexity index is 1780. The van der Waals surface area contributed by atoms with Crippen LogP contribution in [0.5, 0.6) is 5.75 Å². The van der Waals surface area contributed by atoms with Gasteiger partial charge in [-0.05, 0) is 141 Å². The molecule has 0 spiro atoms. The van der Waals surface area contributed by atoms with Crippen molar-refractivity contribution in [2.45, 2.75) is 202 Å². The lowest BCUT2D eigenvalue weighted by Gasteiger charge is -2.36. The predicted octanol–water partition coefficient (Wildman–Crippen LogP) is 7.30. The van der Waals surface area contributed by atoms with Gasteiger partial charge in [-0.2, -0.15) is 0 Å². The molecule has 0 saturated carbocycles. The molecule has 1 aromatic carbocycles. The topological polar surface area (TPSA) is 217 Å². The molecule has 18 nitrogen and oxygen atoms in total. The number of unbranched alkanes of at least 4 members (excludes halogenated alkanes) is 7. The third-order valence-electron chi connectivity index (χ3n) is 9.94. The van der Waals surface area contributed by atoms with Gasteiger partial charge in [0.15, 0.2) is 6.61 Å². The van der Waals surface area contributed by atoms with Gasteiger partial charge in [-0.15, -0.1) is 0 Å². The summed E-state index contributed by atoms with van der Waals surface area (Å²) >= 11 is 0. The average Bonchev–Trinajstić information content (AvgIpc) is 3.17. The highest BCUT2D eigenvalue weighted by Gasteiger charge is 2.32. The summed E-state index contributed by atoms with van der Waals surface area (Å²) in [6.45, 7) is 25.6. The van der Waals surface area contributed by atoms with Crippen LogP contribution in [0.15, 0.2) is 24.3 Å². The number of carboxylic acids is 1. The molecule has 0 aromatic heterocycles. The van der Waals surface area contributed by atoms with Gasteiger partial charge in [-0.25, -0.2) is 0 Å². The zero-order valence-electron chi connectivity index (χ0n) is 46.6. The number of ether oxygens (including phenoxy) is 6. The molecule has 18 heteroatoms. The van der Waals surface area contributed by atoms with E-state index in [4.69, 9.17) is 33.5 Å². The van der Waals surface area contributed by atoms with Crippen molar-refractivity contribution >= 4 is 41.7 Å². The number of aliphatic carboxylic acids is 1. The summed E-state index contributed by atoms with van der Waals surface area (Å²) in [7, 11) is 0. The first-order valence-electron chi connectivity index (χ1n) is 25.5. The molecule has 0 heterocycles. The molecular formula is C54H92N4O14. The highest BCUT2D eigenvalue weighted by atomic mass is 16.6. The molecule has 1 amide bonds. The van der Waals surface area contributed by atoms with Crippen molar-refractivity contribution in [1.29, 1.82) is 0 Å². The SMILES string of the molecule is CC(C)(C)OC(=O)CN(CCN(CC(=O)OC(C)(C)C)CC(Cc1ccc(OCC(=O)NCCCCCCCCCCC(=O)O)cc1)N(CC(=O)OC(C)(C)C)CC(=O)OC(C)(C)C)CC(=O)OC(C)(C)C. The van der Waals surface area contributed by atoms with Crippen molar-refractivity contribution in [2.24, 2.45) is 0 Å². The second-order valence-electron chi connectivity index (χ2n) is 23.4. The number of esters is 5. The number of nitrogens with zero attached hydrogens (tertiary/aromatic N) is 3. The van der Waals surface area contributed by atoms with E-state index in [0.29, 0.717) is 18.7 Å². The molecule has 0 fully saturated rings. The van der Waals surface area contributed by atoms with Gasteiger partial charge < -0.3 is 38.8 Å². The molecule has 1 rings (SSSR count). The predicted molar refractivity (Wildman–Crippen MR) is 275 cm³/mol. The first-order chi connectivity index (χ1) is 33.1. The maximum atomic E-state index is 13.6. The summed E-state index contributed by atoms with van der Waals surface area (Å²) in [6.07, 6.45) is 8.13. The largest absolute Gasteiger partial charge is 0.484 e. The van der Waals surface area contributed by atoms with Crippen molar-refractivity contribution in [3.05, 3.63) is 29.8 Å². The van der Waals surface area contributed by atoms with Crippen LogP contribution < -0.4 is 10.1 Å². The van der Waals surface area contributed by atoms with E-state index in [2.05, 4.69) is 5.32 Å². The van der Waals surface area contributed by atoms with Crippen LogP contribution in [-0.2, 0) is 63.7 Å². The van der Waals surface area contributed by atoms with Crippen molar-refractivity contribution < 1.29 is 67.1 Å². The molecule has 2 N–H and O–H groups in total. The molecule has 0 saturated heterocycles. The number of nitrogens with one attached hydrogen (secondary N) is 1. The highest BCUT2D eigenvalue weighted by molar-refractivity contribution is 5.78. The number of hydrogen-bond acceptors (Lipinski definition) is 16. The molecule has 0 aliphatic rings. The lowest BCUT2D eigenvalue weighted by Crippen LogP contribution is -2.52. The van der Waals surface area contributed by atoms with Crippen molar-refractivity contribution in [3.8, 4) is 5.75 Å². The average molecular weight is 1020 g/mol. The Hall–Kier alpha value is -4.81. The van der Waals surface area contributed by atoms with Crippen LogP contribution in [0.2, 0.25) is 0 Å². The number of carboxylic acid groups (broad SMARTS) is 1. The second-order valence-corrected chi connectivity index (χ2v) is 23.4. The van der Waals surface area contributed by atoms with Gasteiger partial charge in [-0.3, -0.25) is 48.3 Å². The summed E-state index contributed by atoms with van der Waals surface area (Å²) in [5.41, 5.74) is -3.28. The molecule has 0 aliphatic heterocycles. The van der Waals surface area contributed by atoms with Crippen molar-refractivity contribution in [1.82, 2.24) is 20.0 Å². The normalized spacial score (nSPS) is 12.9. The van der Waals surface area contributed by atoms with Gasteiger partial charge in [-0.1, -0.05) is 50.7 Å². The van der Waals surface area contributed by atoms with Gasteiger partial charge in [0.25, 0.3) is 5.91 Å². The molecule has 1 aromatic rings. The maximum absolute atomic E-state index is 13.6. The zero-order valence-corrected chi connectivity index (χ0v) is 46.6. The van der Waals surface area contributed by atoms with Crippen LogP contribution >= 0.6 is 0 Å². The standard InChI is InChI=1S/C54H92N4O14/c1-50(2,3)68-45(62)34-56(30-31-57(35-46(63)69-51(4,5)6)36-47(64)70-52(7,8)9)33-41(58(37-48(65)71-53(10,11)12)38-49(66)72-54(13,14)15)32-40-25-27-42(28-26-40)67-39-43(59)55-29-23-21-19-17-16-18-20-22-24-44(60)61/h25-28,41H,16-24,29-39H2,1-15H3,(H,55,59)(H,60,61). The van der Waals surface area contributed by atoms with Crippen LogP contribution in [0.25, 0.3) is 0 Å². The van der Waals surface area contributed by atoms with Crippen molar-refractivity contribution in [2.75, 3.05) is 65.5 Å². The molecule has 0 radical (unpaired) electrons. The van der Waals surface area contributed by atoms with Crippen LogP contribution in [0.1, 0.15) is 167 Å². The van der Waals surface area contributed by atoms with Gasteiger partial charge in [0.2, 0.25) is 0 Å². The fourth-order valence-electron chi connectivity index (χ4n) is 7.28. The van der Waals surface area contributed by atoms with Gasteiger partial charge in [0.05, 0.1) is 32.7 Å². The number of amides is 1. The van der Waals surface area contributed by atoms with E-state index in [0.717, 1.165) is 50.5 Å². The number of benzene rings is 1. The third kappa shape index (κ3) is 36.2. The van der Waals surface area contributed by atoms with E-state index in [1.807, 2.05) is 12.1 Å². The summed E-state index contributed by atoms with van der Waals surface area (Å²) in [5.74, 6) is -3.37. The van der Waals surface area contributed by atoms with Crippen LogP contribution in [0.3, 0.4) is 0 Å². The fraction of sp³-hybridized carbons (Fsp3) is 0.759. The first kappa shape index (κ1) is 65.2. The zero-order chi connectivity index (χ0) is 54.9. The summed E-state index contributed by atoms with van der Waals surface area (Å²) < 4.78 is 34.3. The molecule has 1 unspecified atom stereocenters. The van der Waals surface area contributed by atoms with Crippen LogP contribution in [0.4, 0.5) is 0 Å². The van der Waals surface area contributed by atoms with E-state index in [1.54, 1.807) is 131 Å². The van der Waals surface area contributed by atoms with E-state index >= 15 is 0 Å². The molecule has 72 heavy (non-hydrogen) atoms. The number of carbonyl (C=O) groups excluding carboxylic acids is 6. The number of hydrogen-bond donors (Lipinski definition) is 2. The van der Waals surface area contributed by atoms with Gasteiger partial charge in [0, 0.05) is 38.6 Å². The first-order valence-corrected chi connectivity index (χ1v) is 25.5. The van der Waals surface area contributed by atoms with Crippen LogP contribution in [0, 0.1) is 0 Å². The quantitative estimate of drug-likeness (QED) is 0.0411. The fourth-order valence-corrected chi connectivity index (χ4v) is 7.28. The minimum atomic E-state index is -0.835. The Morgan fingerprint density at radius 3 is 1.26 bits per heavy atom.